The van der Waals surface area contributed by atoms with E-state index in [2.05, 4.69) is 9.97 Å². The van der Waals surface area contributed by atoms with Gasteiger partial charge in [0.2, 0.25) is 5.88 Å². The molecule has 1 amide bonds. The Balaban J connectivity index is 1.86. The highest BCUT2D eigenvalue weighted by Gasteiger charge is 2.19. The van der Waals surface area contributed by atoms with Crippen molar-refractivity contribution < 1.29 is 9.53 Å². The van der Waals surface area contributed by atoms with Crippen molar-refractivity contribution >= 4 is 5.91 Å². The van der Waals surface area contributed by atoms with Gasteiger partial charge in [0, 0.05) is 19.2 Å². The quantitative estimate of drug-likeness (QED) is 0.654. The lowest BCUT2D eigenvalue weighted by atomic mass is 10.1. The fourth-order valence-corrected chi connectivity index (χ4v) is 2.65. The van der Waals surface area contributed by atoms with Crippen LogP contribution in [-0.4, -0.2) is 27.4 Å². The summed E-state index contributed by atoms with van der Waals surface area (Å²) >= 11 is 0. The van der Waals surface area contributed by atoms with Crippen LogP contribution in [0, 0.1) is 0 Å². The molecule has 132 valence electrons. The smallest absolute Gasteiger partial charge is 0.273 e. The lowest BCUT2D eigenvalue weighted by Crippen LogP contribution is -2.30. The van der Waals surface area contributed by atoms with Crippen molar-refractivity contribution in [3.63, 3.8) is 0 Å². The van der Waals surface area contributed by atoms with E-state index in [1.807, 2.05) is 67.6 Å². The zero-order valence-corrected chi connectivity index (χ0v) is 14.7. The van der Waals surface area contributed by atoms with Gasteiger partial charge in [-0.3, -0.25) is 4.79 Å². The van der Waals surface area contributed by atoms with Crippen LogP contribution in [0.4, 0.5) is 0 Å². The predicted molar refractivity (Wildman–Crippen MR) is 99.7 cm³/mol. The Hall–Kier alpha value is -3.21. The molecule has 3 aromatic rings. The minimum atomic E-state index is -0.152. The molecule has 3 rings (SSSR count). The number of hydrogen-bond donors (Lipinski definition) is 0. The third kappa shape index (κ3) is 4.66. The molecular weight excluding hydrogens is 326 g/mol. The van der Waals surface area contributed by atoms with Gasteiger partial charge in [-0.05, 0) is 18.1 Å². The second-order valence-corrected chi connectivity index (χ2v) is 5.81. The number of rotatable bonds is 7. The molecule has 0 radical (unpaired) electrons. The first-order chi connectivity index (χ1) is 12.8. The van der Waals surface area contributed by atoms with Gasteiger partial charge >= 0.3 is 0 Å². The SMILES string of the molecule is CCOc1cc(C(=O)N(Cc2ccccc2)Cc2ccccc2)ncn1. The molecule has 0 saturated carbocycles. The number of aromatic nitrogens is 2. The Morgan fingerprint density at radius 2 is 1.50 bits per heavy atom. The van der Waals surface area contributed by atoms with Crippen molar-refractivity contribution in [3.05, 3.63) is 89.9 Å². The van der Waals surface area contributed by atoms with E-state index in [0.29, 0.717) is 31.3 Å². The normalized spacial score (nSPS) is 10.3. The van der Waals surface area contributed by atoms with Crippen LogP contribution in [0.3, 0.4) is 0 Å². The number of amides is 1. The van der Waals surface area contributed by atoms with Crippen LogP contribution >= 0.6 is 0 Å². The van der Waals surface area contributed by atoms with Crippen LogP contribution in [0.15, 0.2) is 73.1 Å². The van der Waals surface area contributed by atoms with Crippen LogP contribution < -0.4 is 4.74 Å². The molecule has 0 aliphatic heterocycles. The molecule has 1 aromatic heterocycles. The van der Waals surface area contributed by atoms with Crippen molar-refractivity contribution in [2.24, 2.45) is 0 Å². The summed E-state index contributed by atoms with van der Waals surface area (Å²) in [6.45, 7) is 3.37. The topological polar surface area (TPSA) is 55.3 Å². The molecule has 0 saturated heterocycles. The number of benzene rings is 2. The van der Waals surface area contributed by atoms with Crippen molar-refractivity contribution in [1.29, 1.82) is 0 Å². The lowest BCUT2D eigenvalue weighted by molar-refractivity contribution is 0.0723. The van der Waals surface area contributed by atoms with Gasteiger partial charge in [0.15, 0.2) is 0 Å². The molecule has 26 heavy (non-hydrogen) atoms. The van der Waals surface area contributed by atoms with Gasteiger partial charge in [0.25, 0.3) is 5.91 Å². The van der Waals surface area contributed by atoms with E-state index in [4.69, 9.17) is 4.74 Å². The second kappa shape index (κ2) is 8.76. The molecule has 1 heterocycles. The molecule has 5 nitrogen and oxygen atoms in total. The van der Waals surface area contributed by atoms with Gasteiger partial charge in [0.1, 0.15) is 12.0 Å². The maximum absolute atomic E-state index is 13.1. The summed E-state index contributed by atoms with van der Waals surface area (Å²) in [6, 6.07) is 21.4. The zero-order valence-electron chi connectivity index (χ0n) is 14.7. The second-order valence-electron chi connectivity index (χ2n) is 5.81. The van der Waals surface area contributed by atoms with E-state index in [-0.39, 0.29) is 5.91 Å². The largest absolute Gasteiger partial charge is 0.478 e. The molecule has 0 spiro atoms. The van der Waals surface area contributed by atoms with E-state index in [1.165, 1.54) is 6.33 Å². The maximum atomic E-state index is 13.1. The van der Waals surface area contributed by atoms with Gasteiger partial charge in [-0.1, -0.05) is 60.7 Å². The molecule has 0 atom stereocenters. The summed E-state index contributed by atoms with van der Waals surface area (Å²) in [7, 11) is 0. The Kier molecular flexibility index (Phi) is 5.93. The Morgan fingerprint density at radius 1 is 0.923 bits per heavy atom. The van der Waals surface area contributed by atoms with Gasteiger partial charge in [-0.2, -0.15) is 0 Å². The Morgan fingerprint density at radius 3 is 2.04 bits per heavy atom. The minimum Gasteiger partial charge on any atom is -0.478 e. The summed E-state index contributed by atoms with van der Waals surface area (Å²) in [5, 5.41) is 0. The van der Waals surface area contributed by atoms with Gasteiger partial charge in [-0.15, -0.1) is 0 Å². The Labute approximate surface area is 153 Å². The summed E-state index contributed by atoms with van der Waals surface area (Å²) in [5.41, 5.74) is 2.46. The van der Waals surface area contributed by atoms with E-state index in [9.17, 15) is 4.79 Å². The van der Waals surface area contributed by atoms with Crippen LogP contribution in [-0.2, 0) is 13.1 Å². The summed E-state index contributed by atoms with van der Waals surface area (Å²) in [5.74, 6) is 0.256. The van der Waals surface area contributed by atoms with E-state index >= 15 is 0 Å². The molecule has 0 fully saturated rings. The number of ether oxygens (including phenoxy) is 1. The molecule has 0 bridgehead atoms. The van der Waals surface area contributed by atoms with Crippen molar-refractivity contribution in [1.82, 2.24) is 14.9 Å². The fraction of sp³-hybridized carbons (Fsp3) is 0.190. The van der Waals surface area contributed by atoms with Crippen LogP contribution in [0.25, 0.3) is 0 Å². The predicted octanol–water partition coefficient (Wildman–Crippen LogP) is 3.72. The van der Waals surface area contributed by atoms with Crippen LogP contribution in [0.5, 0.6) is 5.88 Å². The molecule has 5 heteroatoms. The third-order valence-corrected chi connectivity index (χ3v) is 3.87. The molecule has 2 aromatic carbocycles. The highest BCUT2D eigenvalue weighted by molar-refractivity contribution is 5.92. The van der Waals surface area contributed by atoms with Crippen LogP contribution in [0.2, 0.25) is 0 Å². The first-order valence-electron chi connectivity index (χ1n) is 8.58. The lowest BCUT2D eigenvalue weighted by Gasteiger charge is -2.23. The number of carbonyl (C=O) groups excluding carboxylic acids is 1. The van der Waals surface area contributed by atoms with Crippen LogP contribution in [0.1, 0.15) is 28.5 Å². The standard InChI is InChI=1S/C21H21N3O2/c1-2-26-20-13-19(22-16-23-20)21(25)24(14-17-9-5-3-6-10-17)15-18-11-7-4-8-12-18/h3-13,16H,2,14-15H2,1H3. The van der Waals surface area contributed by atoms with Crippen molar-refractivity contribution in [2.75, 3.05) is 6.61 Å². The third-order valence-electron chi connectivity index (χ3n) is 3.87. The molecule has 0 aliphatic rings. The minimum absolute atomic E-state index is 0.152. The fourth-order valence-electron chi connectivity index (χ4n) is 2.65. The highest BCUT2D eigenvalue weighted by atomic mass is 16.5. The molecule has 0 unspecified atom stereocenters. The summed E-state index contributed by atoms with van der Waals surface area (Å²) < 4.78 is 5.39. The van der Waals surface area contributed by atoms with Crippen molar-refractivity contribution in [2.45, 2.75) is 20.0 Å². The monoisotopic (exact) mass is 347 g/mol. The summed E-state index contributed by atoms with van der Waals surface area (Å²) in [4.78, 5) is 23.0. The van der Waals surface area contributed by atoms with E-state index < -0.39 is 0 Å². The average molecular weight is 347 g/mol. The first-order valence-corrected chi connectivity index (χ1v) is 8.58. The number of nitrogens with zero attached hydrogens (tertiary/aromatic N) is 3. The maximum Gasteiger partial charge on any atom is 0.273 e. The van der Waals surface area contributed by atoms with E-state index in [1.54, 1.807) is 11.0 Å². The number of carbonyl (C=O) groups is 1. The zero-order chi connectivity index (χ0) is 18.2. The average Bonchev–Trinajstić information content (AvgIpc) is 2.69. The Bertz CT molecular complexity index is 797. The van der Waals surface area contributed by atoms with Crippen molar-refractivity contribution in [3.8, 4) is 5.88 Å². The highest BCUT2D eigenvalue weighted by Crippen LogP contribution is 2.15. The number of hydrogen-bond acceptors (Lipinski definition) is 4. The molecular formula is C21H21N3O2. The molecule has 0 aliphatic carbocycles. The van der Waals surface area contributed by atoms with Gasteiger partial charge in [-0.25, -0.2) is 9.97 Å². The molecule has 0 N–H and O–H groups in total. The van der Waals surface area contributed by atoms with Gasteiger partial charge < -0.3 is 9.64 Å². The first kappa shape index (κ1) is 17.6. The summed E-state index contributed by atoms with van der Waals surface area (Å²) in [6.07, 6.45) is 1.36. The van der Waals surface area contributed by atoms with E-state index in [0.717, 1.165) is 11.1 Å². The van der Waals surface area contributed by atoms with Gasteiger partial charge in [0.05, 0.1) is 6.61 Å².